The average Bonchev–Trinajstić information content (AvgIpc) is 2.47. The Hall–Kier alpha value is -1.57. The molecule has 0 saturated carbocycles. The van der Waals surface area contributed by atoms with Gasteiger partial charge in [-0.3, -0.25) is 0 Å². The van der Waals surface area contributed by atoms with Crippen LogP contribution in [0, 0.1) is 0 Å². The van der Waals surface area contributed by atoms with Crippen molar-refractivity contribution in [1.29, 1.82) is 0 Å². The molecule has 2 nitrogen and oxygen atoms in total. The van der Waals surface area contributed by atoms with Gasteiger partial charge in [-0.05, 0) is 24.1 Å². The van der Waals surface area contributed by atoms with E-state index < -0.39 is 0 Å². The van der Waals surface area contributed by atoms with Crippen molar-refractivity contribution in [3.8, 4) is 0 Å². The molecule has 12 heavy (non-hydrogen) atoms. The Labute approximate surface area is 71.2 Å². The highest BCUT2D eigenvalue weighted by atomic mass is 14.9. The lowest BCUT2D eigenvalue weighted by Crippen LogP contribution is -1.81. The van der Waals surface area contributed by atoms with Gasteiger partial charge in [0, 0.05) is 17.9 Å². The third-order valence-electron chi connectivity index (χ3n) is 1.84. The number of nitrogens with zero attached hydrogens (tertiary/aromatic N) is 2. The molecule has 2 rings (SSSR count). The fraction of sp³-hybridized carbons (Fsp3) is 0.100. The Bertz CT molecular complexity index is 368. The zero-order valence-electron chi connectivity index (χ0n) is 6.77. The maximum Gasteiger partial charge on any atom is 0.0990 e. The van der Waals surface area contributed by atoms with Crippen LogP contribution in [0.1, 0.15) is 5.56 Å². The summed E-state index contributed by atoms with van der Waals surface area (Å²) < 4.78 is 2.01. The lowest BCUT2D eigenvalue weighted by Gasteiger charge is -1.88. The van der Waals surface area contributed by atoms with Crippen molar-refractivity contribution in [2.24, 2.45) is 0 Å². The molecule has 0 unspecified atom stereocenters. The van der Waals surface area contributed by atoms with Crippen LogP contribution in [-0.2, 0) is 6.42 Å². The zero-order chi connectivity index (χ0) is 8.39. The molecular weight excluding hydrogens is 148 g/mol. The summed E-state index contributed by atoms with van der Waals surface area (Å²) in [6.45, 7) is 3.70. The Balaban J connectivity index is 2.54. The van der Waals surface area contributed by atoms with Gasteiger partial charge >= 0.3 is 0 Å². The summed E-state index contributed by atoms with van der Waals surface area (Å²) in [7, 11) is 0. The van der Waals surface area contributed by atoms with Crippen LogP contribution in [0.5, 0.6) is 0 Å². The van der Waals surface area contributed by atoms with Gasteiger partial charge in [-0.15, -0.1) is 6.58 Å². The van der Waals surface area contributed by atoms with Crippen LogP contribution >= 0.6 is 0 Å². The molecule has 0 amide bonds. The van der Waals surface area contributed by atoms with Gasteiger partial charge in [-0.2, -0.15) is 0 Å². The molecule has 0 saturated heterocycles. The molecule has 2 heteroatoms. The molecular formula is C10H10N2. The summed E-state index contributed by atoms with van der Waals surface area (Å²) in [5.74, 6) is 0. The van der Waals surface area contributed by atoms with Crippen molar-refractivity contribution in [1.82, 2.24) is 9.38 Å². The fourth-order valence-corrected chi connectivity index (χ4v) is 1.30. The topological polar surface area (TPSA) is 17.3 Å². The van der Waals surface area contributed by atoms with Crippen LogP contribution in [0.2, 0.25) is 0 Å². The zero-order valence-corrected chi connectivity index (χ0v) is 6.77. The van der Waals surface area contributed by atoms with E-state index in [1.165, 1.54) is 11.1 Å². The largest absolute Gasteiger partial charge is 0.308 e. The minimum atomic E-state index is 0.918. The highest BCUT2D eigenvalue weighted by Gasteiger charge is 1.95. The Morgan fingerprint density at radius 2 is 2.50 bits per heavy atom. The molecule has 2 aromatic heterocycles. The van der Waals surface area contributed by atoms with Gasteiger partial charge in [0.2, 0.25) is 0 Å². The first-order valence-corrected chi connectivity index (χ1v) is 3.91. The number of aromatic nitrogens is 2. The minimum Gasteiger partial charge on any atom is -0.308 e. The molecule has 0 aliphatic rings. The van der Waals surface area contributed by atoms with E-state index in [1.807, 2.05) is 22.9 Å². The third-order valence-corrected chi connectivity index (χ3v) is 1.84. The number of hydrogen-bond donors (Lipinski definition) is 0. The van der Waals surface area contributed by atoms with Crippen molar-refractivity contribution in [3.63, 3.8) is 0 Å². The van der Waals surface area contributed by atoms with E-state index in [2.05, 4.69) is 23.8 Å². The standard InChI is InChI=1S/C10H10N2/c1-2-3-9-6-10-4-5-11-8-12(10)7-9/h2,4-8H,1,3H2. The highest BCUT2D eigenvalue weighted by Crippen LogP contribution is 2.08. The number of fused-ring (bicyclic) bond motifs is 1. The van der Waals surface area contributed by atoms with Crippen LogP contribution in [0.4, 0.5) is 0 Å². The molecule has 2 heterocycles. The van der Waals surface area contributed by atoms with Crippen LogP contribution in [0.25, 0.3) is 5.52 Å². The van der Waals surface area contributed by atoms with E-state index in [0.717, 1.165) is 6.42 Å². The summed E-state index contributed by atoms with van der Waals surface area (Å²) in [6.07, 6.45) is 8.50. The van der Waals surface area contributed by atoms with E-state index in [1.54, 1.807) is 6.20 Å². The van der Waals surface area contributed by atoms with E-state index in [9.17, 15) is 0 Å². The number of hydrogen-bond acceptors (Lipinski definition) is 1. The normalized spacial score (nSPS) is 10.3. The average molecular weight is 158 g/mol. The summed E-state index contributed by atoms with van der Waals surface area (Å²) in [4.78, 5) is 4.02. The Morgan fingerprint density at radius 3 is 3.25 bits per heavy atom. The monoisotopic (exact) mass is 158 g/mol. The van der Waals surface area contributed by atoms with Crippen LogP contribution < -0.4 is 0 Å². The minimum absolute atomic E-state index is 0.918. The molecule has 0 fully saturated rings. The third kappa shape index (κ3) is 1.11. The first-order valence-electron chi connectivity index (χ1n) is 3.91. The predicted octanol–water partition coefficient (Wildman–Crippen LogP) is 2.06. The molecule has 0 bridgehead atoms. The molecule has 0 spiro atoms. The van der Waals surface area contributed by atoms with E-state index in [0.29, 0.717) is 0 Å². The summed E-state index contributed by atoms with van der Waals surface area (Å²) in [5, 5.41) is 0. The van der Waals surface area contributed by atoms with E-state index in [-0.39, 0.29) is 0 Å². The lowest BCUT2D eigenvalue weighted by molar-refractivity contribution is 1.08. The molecule has 0 aliphatic carbocycles. The first kappa shape index (κ1) is 7.10. The van der Waals surface area contributed by atoms with Gasteiger partial charge in [0.25, 0.3) is 0 Å². The Kier molecular flexibility index (Phi) is 1.67. The van der Waals surface area contributed by atoms with Crippen molar-refractivity contribution in [3.05, 3.63) is 49.1 Å². The summed E-state index contributed by atoms with van der Waals surface area (Å²) >= 11 is 0. The molecule has 0 aliphatic heterocycles. The fourth-order valence-electron chi connectivity index (χ4n) is 1.30. The van der Waals surface area contributed by atoms with Gasteiger partial charge in [-0.25, -0.2) is 4.98 Å². The second-order valence-electron chi connectivity index (χ2n) is 2.75. The van der Waals surface area contributed by atoms with Gasteiger partial charge in [-0.1, -0.05) is 6.08 Å². The molecule has 2 aromatic rings. The van der Waals surface area contributed by atoms with Gasteiger partial charge < -0.3 is 4.40 Å². The Morgan fingerprint density at radius 1 is 1.58 bits per heavy atom. The maximum atomic E-state index is 4.02. The number of allylic oxidation sites excluding steroid dienone is 1. The van der Waals surface area contributed by atoms with E-state index >= 15 is 0 Å². The second-order valence-corrected chi connectivity index (χ2v) is 2.75. The van der Waals surface area contributed by atoms with Crippen LogP contribution in [0.3, 0.4) is 0 Å². The number of rotatable bonds is 2. The van der Waals surface area contributed by atoms with Crippen molar-refractivity contribution in [2.75, 3.05) is 0 Å². The van der Waals surface area contributed by atoms with E-state index in [4.69, 9.17) is 0 Å². The van der Waals surface area contributed by atoms with Crippen LogP contribution in [0.15, 0.2) is 43.5 Å². The molecule has 60 valence electrons. The maximum absolute atomic E-state index is 4.02. The lowest BCUT2D eigenvalue weighted by atomic mass is 10.2. The second kappa shape index (κ2) is 2.81. The first-order chi connectivity index (χ1) is 5.90. The quantitative estimate of drug-likeness (QED) is 0.611. The van der Waals surface area contributed by atoms with Crippen LogP contribution in [-0.4, -0.2) is 9.38 Å². The van der Waals surface area contributed by atoms with Crippen molar-refractivity contribution >= 4 is 5.52 Å². The molecule has 0 aromatic carbocycles. The van der Waals surface area contributed by atoms with Gasteiger partial charge in [0.1, 0.15) is 0 Å². The summed E-state index contributed by atoms with van der Waals surface area (Å²) in [6, 6.07) is 4.13. The smallest absolute Gasteiger partial charge is 0.0990 e. The summed E-state index contributed by atoms with van der Waals surface area (Å²) in [5.41, 5.74) is 2.46. The molecule has 0 radical (unpaired) electrons. The SMILES string of the molecule is C=CCc1cc2ccncn2c1. The van der Waals surface area contributed by atoms with Crippen molar-refractivity contribution < 1.29 is 0 Å². The highest BCUT2D eigenvalue weighted by molar-refractivity contribution is 5.49. The molecule has 0 N–H and O–H groups in total. The van der Waals surface area contributed by atoms with Gasteiger partial charge in [0.15, 0.2) is 0 Å². The predicted molar refractivity (Wildman–Crippen MR) is 49.1 cm³/mol. The molecule has 0 atom stereocenters. The van der Waals surface area contributed by atoms with Gasteiger partial charge in [0.05, 0.1) is 6.33 Å². The van der Waals surface area contributed by atoms with Crippen molar-refractivity contribution in [2.45, 2.75) is 6.42 Å².